The molecule has 0 bridgehead atoms. The lowest BCUT2D eigenvalue weighted by molar-refractivity contribution is 0.309. The van der Waals surface area contributed by atoms with Crippen LogP contribution in [0.25, 0.3) is 0 Å². The molecule has 3 rings (SSSR count). The van der Waals surface area contributed by atoms with Crippen LogP contribution in [0, 0.1) is 0 Å². The molecule has 1 aromatic heterocycles. The zero-order valence-electron chi connectivity index (χ0n) is 15.3. The average Bonchev–Trinajstić information content (AvgIpc) is 2.72. The van der Waals surface area contributed by atoms with Crippen LogP contribution in [-0.4, -0.2) is 62.2 Å². The molecule has 1 saturated heterocycles. The summed E-state index contributed by atoms with van der Waals surface area (Å²) < 4.78 is 5.72. The van der Waals surface area contributed by atoms with Crippen molar-refractivity contribution in [3.63, 3.8) is 0 Å². The molecule has 1 N–H and O–H groups in total. The molecule has 6 heteroatoms. The largest absolute Gasteiger partial charge is 0.494 e. The topological polar surface area (TPSA) is 53.0 Å². The van der Waals surface area contributed by atoms with Crippen molar-refractivity contribution in [1.82, 2.24) is 15.2 Å². The quantitative estimate of drug-likeness (QED) is 0.490. The van der Waals surface area contributed by atoms with Gasteiger partial charge in [0.25, 0.3) is 0 Å². The molecule has 0 unspecified atom stereocenters. The van der Waals surface area contributed by atoms with E-state index in [2.05, 4.69) is 31.2 Å². The minimum absolute atomic E-state index is 0.696. The molecule has 1 aliphatic rings. The molecule has 138 valence electrons. The first-order valence-electron chi connectivity index (χ1n) is 9.16. The number of rotatable bonds is 6. The predicted octanol–water partition coefficient (Wildman–Crippen LogP) is 2.25. The van der Waals surface area contributed by atoms with Crippen LogP contribution in [0.1, 0.15) is 6.42 Å². The highest BCUT2D eigenvalue weighted by Gasteiger charge is 2.20. The lowest BCUT2D eigenvalue weighted by Crippen LogP contribution is -2.52. The van der Waals surface area contributed by atoms with E-state index in [9.17, 15) is 0 Å². The highest BCUT2D eigenvalue weighted by atomic mass is 16.5. The van der Waals surface area contributed by atoms with Crippen LogP contribution in [-0.2, 0) is 0 Å². The van der Waals surface area contributed by atoms with Crippen molar-refractivity contribution in [2.45, 2.75) is 6.42 Å². The second-order valence-corrected chi connectivity index (χ2v) is 6.15. The lowest BCUT2D eigenvalue weighted by atomic mass is 10.3. The van der Waals surface area contributed by atoms with Gasteiger partial charge in [-0.1, -0.05) is 24.3 Å². The number of hydrogen-bond acceptors (Lipinski definition) is 4. The number of pyridine rings is 1. The molecular weight excluding hydrogens is 326 g/mol. The molecule has 26 heavy (non-hydrogen) atoms. The predicted molar refractivity (Wildman–Crippen MR) is 106 cm³/mol. The lowest BCUT2D eigenvalue weighted by Gasteiger charge is -2.37. The van der Waals surface area contributed by atoms with Crippen molar-refractivity contribution >= 4 is 11.8 Å². The van der Waals surface area contributed by atoms with Gasteiger partial charge in [0, 0.05) is 46.0 Å². The minimum Gasteiger partial charge on any atom is -0.494 e. The monoisotopic (exact) mass is 353 g/mol. The molecule has 2 heterocycles. The number of aromatic nitrogens is 1. The average molecular weight is 353 g/mol. The zero-order valence-corrected chi connectivity index (χ0v) is 15.3. The zero-order chi connectivity index (χ0) is 18.0. The molecule has 0 aliphatic carbocycles. The van der Waals surface area contributed by atoms with Crippen LogP contribution in [0.3, 0.4) is 0 Å². The van der Waals surface area contributed by atoms with Crippen molar-refractivity contribution in [3.05, 3.63) is 54.7 Å². The summed E-state index contributed by atoms with van der Waals surface area (Å²) in [5.74, 6) is 2.93. The molecule has 0 radical (unpaired) electrons. The SMILES string of the molecule is CN=C(NCCCOc1ccccc1)N1CCN(c2ccccn2)CC1. The number of nitrogens with zero attached hydrogens (tertiary/aromatic N) is 4. The van der Waals surface area contributed by atoms with Gasteiger partial charge in [0.05, 0.1) is 6.61 Å². The van der Waals surface area contributed by atoms with E-state index in [-0.39, 0.29) is 0 Å². The highest BCUT2D eigenvalue weighted by Crippen LogP contribution is 2.12. The molecule has 2 aromatic rings. The molecule has 0 atom stereocenters. The molecule has 0 amide bonds. The standard InChI is InChI=1S/C20H27N5O/c1-21-20(23-12-7-17-26-18-8-3-2-4-9-18)25-15-13-24(14-16-25)19-10-5-6-11-22-19/h2-6,8-11H,7,12-17H2,1H3,(H,21,23). The third-order valence-electron chi connectivity index (χ3n) is 4.38. The van der Waals surface area contributed by atoms with E-state index in [1.165, 1.54) is 0 Å². The number of hydrogen-bond donors (Lipinski definition) is 1. The fourth-order valence-electron chi connectivity index (χ4n) is 3.00. The summed E-state index contributed by atoms with van der Waals surface area (Å²) in [6, 6.07) is 16.0. The molecule has 1 aliphatic heterocycles. The summed E-state index contributed by atoms with van der Waals surface area (Å²) in [4.78, 5) is 13.5. The fraction of sp³-hybridized carbons (Fsp3) is 0.400. The van der Waals surface area contributed by atoms with Crippen molar-refractivity contribution in [2.24, 2.45) is 4.99 Å². The molecule has 0 spiro atoms. The maximum Gasteiger partial charge on any atom is 0.193 e. The summed E-state index contributed by atoms with van der Waals surface area (Å²) in [6.07, 6.45) is 2.78. The van der Waals surface area contributed by atoms with Gasteiger partial charge in [0.2, 0.25) is 0 Å². The third-order valence-corrected chi connectivity index (χ3v) is 4.38. The van der Waals surface area contributed by atoms with E-state index in [1.54, 1.807) is 0 Å². The highest BCUT2D eigenvalue weighted by molar-refractivity contribution is 5.80. The van der Waals surface area contributed by atoms with E-state index in [0.717, 1.165) is 56.7 Å². The molecule has 0 saturated carbocycles. The van der Waals surface area contributed by atoms with Gasteiger partial charge in [-0.15, -0.1) is 0 Å². The number of aliphatic imine (C=N–C) groups is 1. The van der Waals surface area contributed by atoms with E-state index in [1.807, 2.05) is 55.7 Å². The summed E-state index contributed by atoms with van der Waals surface area (Å²) in [6.45, 7) is 5.33. The Morgan fingerprint density at radius 3 is 2.54 bits per heavy atom. The first-order chi connectivity index (χ1) is 12.9. The van der Waals surface area contributed by atoms with E-state index in [0.29, 0.717) is 6.61 Å². The Labute approximate surface area is 155 Å². The molecule has 1 aromatic carbocycles. The van der Waals surface area contributed by atoms with Gasteiger partial charge in [-0.3, -0.25) is 4.99 Å². The van der Waals surface area contributed by atoms with Gasteiger partial charge in [-0.25, -0.2) is 4.98 Å². The fourth-order valence-corrected chi connectivity index (χ4v) is 3.00. The molecule has 6 nitrogen and oxygen atoms in total. The number of benzene rings is 1. The molecular formula is C20H27N5O. The van der Waals surface area contributed by atoms with E-state index in [4.69, 9.17) is 4.74 Å². The first-order valence-corrected chi connectivity index (χ1v) is 9.16. The number of ether oxygens (including phenoxy) is 1. The van der Waals surface area contributed by atoms with Gasteiger partial charge in [-0.2, -0.15) is 0 Å². The first kappa shape index (κ1) is 18.0. The van der Waals surface area contributed by atoms with Crippen LogP contribution in [0.5, 0.6) is 5.75 Å². The van der Waals surface area contributed by atoms with Crippen molar-refractivity contribution in [2.75, 3.05) is 51.3 Å². The van der Waals surface area contributed by atoms with E-state index < -0.39 is 0 Å². The van der Waals surface area contributed by atoms with Gasteiger partial charge in [0.15, 0.2) is 5.96 Å². The maximum absolute atomic E-state index is 5.72. The van der Waals surface area contributed by atoms with Crippen molar-refractivity contribution in [3.8, 4) is 5.75 Å². The Bertz CT molecular complexity index is 669. The summed E-state index contributed by atoms with van der Waals surface area (Å²) in [5.41, 5.74) is 0. The van der Waals surface area contributed by atoms with Gasteiger partial charge >= 0.3 is 0 Å². The van der Waals surface area contributed by atoms with Gasteiger partial charge in [-0.05, 0) is 30.7 Å². The summed E-state index contributed by atoms with van der Waals surface area (Å²) >= 11 is 0. The number of anilines is 1. The van der Waals surface area contributed by atoms with Crippen LogP contribution in [0.2, 0.25) is 0 Å². The van der Waals surface area contributed by atoms with Gasteiger partial charge in [0.1, 0.15) is 11.6 Å². The Morgan fingerprint density at radius 1 is 1.08 bits per heavy atom. The van der Waals surface area contributed by atoms with Crippen molar-refractivity contribution < 1.29 is 4.74 Å². The van der Waals surface area contributed by atoms with Crippen LogP contribution >= 0.6 is 0 Å². The van der Waals surface area contributed by atoms with Crippen LogP contribution in [0.15, 0.2) is 59.7 Å². The minimum atomic E-state index is 0.696. The second-order valence-electron chi connectivity index (χ2n) is 6.15. The Kier molecular flexibility index (Phi) is 6.70. The van der Waals surface area contributed by atoms with Crippen LogP contribution < -0.4 is 15.0 Å². The van der Waals surface area contributed by atoms with Gasteiger partial charge < -0.3 is 19.9 Å². The Hall–Kier alpha value is -2.76. The smallest absolute Gasteiger partial charge is 0.193 e. The number of para-hydroxylation sites is 1. The number of piperazine rings is 1. The summed E-state index contributed by atoms with van der Waals surface area (Å²) in [7, 11) is 1.84. The molecule has 1 fully saturated rings. The maximum atomic E-state index is 5.72. The Morgan fingerprint density at radius 2 is 1.85 bits per heavy atom. The number of nitrogens with one attached hydrogen (secondary N) is 1. The normalized spacial score (nSPS) is 15.0. The number of guanidine groups is 1. The second kappa shape index (κ2) is 9.65. The Balaban J connectivity index is 1.37. The third kappa shape index (κ3) is 5.12. The van der Waals surface area contributed by atoms with Crippen LogP contribution in [0.4, 0.5) is 5.82 Å². The van der Waals surface area contributed by atoms with Crippen molar-refractivity contribution in [1.29, 1.82) is 0 Å². The summed E-state index contributed by atoms with van der Waals surface area (Å²) in [5, 5.41) is 3.44. The van der Waals surface area contributed by atoms with E-state index >= 15 is 0 Å².